The first kappa shape index (κ1) is 17.9. The standard InChI is InChI=1S/C23H21N3O2/c1-23(2,3)21-18-13-15(20(28)17-11-7-8-12-19(17)27)14-24-22(18)26(25-21)16-9-5-4-6-10-16/h4-14,27H,1-3H3. The van der Waals surface area contributed by atoms with Gasteiger partial charge in [0.1, 0.15) is 5.75 Å². The molecule has 0 bridgehead atoms. The molecule has 0 spiro atoms. The monoisotopic (exact) mass is 371 g/mol. The van der Waals surface area contributed by atoms with Gasteiger partial charge < -0.3 is 5.11 Å². The Morgan fingerprint density at radius 2 is 1.68 bits per heavy atom. The van der Waals surface area contributed by atoms with Gasteiger partial charge >= 0.3 is 0 Å². The summed E-state index contributed by atoms with van der Waals surface area (Å²) >= 11 is 0. The van der Waals surface area contributed by atoms with Gasteiger partial charge in [0.2, 0.25) is 0 Å². The molecule has 4 rings (SSSR count). The van der Waals surface area contributed by atoms with E-state index < -0.39 is 0 Å². The highest BCUT2D eigenvalue weighted by Crippen LogP contribution is 2.31. The van der Waals surface area contributed by atoms with Crippen LogP contribution in [0.2, 0.25) is 0 Å². The van der Waals surface area contributed by atoms with E-state index in [0.717, 1.165) is 16.8 Å². The van der Waals surface area contributed by atoms with E-state index in [2.05, 4.69) is 25.8 Å². The van der Waals surface area contributed by atoms with Crippen molar-refractivity contribution >= 4 is 16.8 Å². The molecule has 0 saturated carbocycles. The molecule has 28 heavy (non-hydrogen) atoms. The Morgan fingerprint density at radius 1 is 1.00 bits per heavy atom. The van der Waals surface area contributed by atoms with Crippen molar-refractivity contribution < 1.29 is 9.90 Å². The number of hydrogen-bond donors (Lipinski definition) is 1. The zero-order valence-corrected chi connectivity index (χ0v) is 16.0. The number of ketones is 1. The van der Waals surface area contributed by atoms with Gasteiger partial charge in [-0.3, -0.25) is 4.79 Å². The quantitative estimate of drug-likeness (QED) is 0.532. The van der Waals surface area contributed by atoms with Crippen LogP contribution < -0.4 is 0 Å². The molecular formula is C23H21N3O2. The van der Waals surface area contributed by atoms with Gasteiger partial charge in [0, 0.05) is 22.6 Å². The summed E-state index contributed by atoms with van der Waals surface area (Å²) in [5.41, 5.74) is 2.94. The maximum absolute atomic E-state index is 12.9. The number of carbonyl (C=O) groups excluding carboxylic acids is 1. The van der Waals surface area contributed by atoms with Gasteiger partial charge in [-0.2, -0.15) is 5.10 Å². The van der Waals surface area contributed by atoms with Crippen molar-refractivity contribution in [2.75, 3.05) is 0 Å². The number of phenols is 1. The molecule has 2 aromatic heterocycles. The second kappa shape index (κ2) is 6.60. The number of para-hydroxylation sites is 2. The normalized spacial score (nSPS) is 11.7. The molecule has 5 nitrogen and oxygen atoms in total. The zero-order chi connectivity index (χ0) is 19.9. The summed E-state index contributed by atoms with van der Waals surface area (Å²) in [4.78, 5) is 17.5. The maximum Gasteiger partial charge on any atom is 0.198 e. The van der Waals surface area contributed by atoms with Gasteiger partial charge in [0.05, 0.1) is 16.9 Å². The number of carbonyl (C=O) groups is 1. The van der Waals surface area contributed by atoms with Crippen LogP contribution in [0, 0.1) is 0 Å². The topological polar surface area (TPSA) is 68.0 Å². The lowest BCUT2D eigenvalue weighted by atomic mass is 9.90. The first-order valence-electron chi connectivity index (χ1n) is 9.13. The van der Waals surface area contributed by atoms with Crippen molar-refractivity contribution in [2.45, 2.75) is 26.2 Å². The number of fused-ring (bicyclic) bond motifs is 1. The molecule has 0 atom stereocenters. The lowest BCUT2D eigenvalue weighted by molar-refractivity contribution is 0.103. The highest BCUT2D eigenvalue weighted by atomic mass is 16.3. The Balaban J connectivity index is 1.92. The molecule has 1 N–H and O–H groups in total. The molecule has 2 heterocycles. The van der Waals surface area contributed by atoms with Crippen LogP contribution in [0.4, 0.5) is 0 Å². The Bertz CT molecular complexity index is 1170. The van der Waals surface area contributed by atoms with Crippen molar-refractivity contribution in [3.63, 3.8) is 0 Å². The highest BCUT2D eigenvalue weighted by Gasteiger charge is 2.25. The molecule has 0 aliphatic heterocycles. The van der Waals surface area contributed by atoms with Gasteiger partial charge in [-0.15, -0.1) is 0 Å². The number of benzene rings is 2. The SMILES string of the molecule is CC(C)(C)c1nn(-c2ccccc2)c2ncc(C(=O)c3ccccc3O)cc12. The minimum absolute atomic E-state index is 0.0383. The second-order valence-corrected chi connectivity index (χ2v) is 7.79. The largest absolute Gasteiger partial charge is 0.507 e. The third-order valence-electron chi connectivity index (χ3n) is 4.64. The van der Waals surface area contributed by atoms with Gasteiger partial charge in [0.25, 0.3) is 0 Å². The Kier molecular flexibility index (Phi) is 4.23. The van der Waals surface area contributed by atoms with Gasteiger partial charge in [0.15, 0.2) is 11.4 Å². The summed E-state index contributed by atoms with van der Waals surface area (Å²) < 4.78 is 1.81. The van der Waals surface area contributed by atoms with E-state index >= 15 is 0 Å². The number of hydrogen-bond acceptors (Lipinski definition) is 4. The van der Waals surface area contributed by atoms with Gasteiger partial charge in [-0.1, -0.05) is 51.1 Å². The van der Waals surface area contributed by atoms with Crippen LogP contribution in [0.1, 0.15) is 42.4 Å². The first-order valence-corrected chi connectivity index (χ1v) is 9.13. The number of phenolic OH excluding ortho intramolecular Hbond substituents is 1. The fourth-order valence-corrected chi connectivity index (χ4v) is 3.25. The first-order chi connectivity index (χ1) is 13.4. The fraction of sp³-hybridized carbons (Fsp3) is 0.174. The van der Waals surface area contributed by atoms with Crippen LogP contribution in [0.25, 0.3) is 16.7 Å². The molecule has 0 fully saturated rings. The zero-order valence-electron chi connectivity index (χ0n) is 16.0. The lowest BCUT2D eigenvalue weighted by Crippen LogP contribution is -2.13. The number of aromatic nitrogens is 3. The number of rotatable bonds is 3. The van der Waals surface area contributed by atoms with Crippen molar-refractivity contribution in [2.24, 2.45) is 0 Å². The van der Waals surface area contributed by atoms with E-state index in [9.17, 15) is 9.90 Å². The molecule has 0 unspecified atom stereocenters. The van der Waals surface area contributed by atoms with Crippen LogP contribution >= 0.6 is 0 Å². The average Bonchev–Trinajstić information content (AvgIpc) is 3.08. The van der Waals surface area contributed by atoms with E-state index in [4.69, 9.17) is 5.10 Å². The summed E-state index contributed by atoms with van der Waals surface area (Å²) in [6.45, 7) is 6.25. The molecular weight excluding hydrogens is 350 g/mol. The van der Waals surface area contributed by atoms with E-state index in [-0.39, 0.29) is 22.5 Å². The molecule has 0 saturated heterocycles. The maximum atomic E-state index is 12.9. The molecule has 0 aliphatic rings. The predicted molar refractivity (Wildman–Crippen MR) is 109 cm³/mol. The van der Waals surface area contributed by atoms with Gasteiger partial charge in [-0.05, 0) is 30.3 Å². The van der Waals surface area contributed by atoms with Crippen LogP contribution in [0.15, 0.2) is 66.9 Å². The summed E-state index contributed by atoms with van der Waals surface area (Å²) in [6.07, 6.45) is 1.55. The lowest BCUT2D eigenvalue weighted by Gasteiger charge is -2.15. The smallest absolute Gasteiger partial charge is 0.198 e. The molecule has 0 radical (unpaired) electrons. The third-order valence-corrected chi connectivity index (χ3v) is 4.64. The summed E-state index contributed by atoms with van der Waals surface area (Å²) in [5, 5.41) is 15.7. The van der Waals surface area contributed by atoms with Crippen LogP contribution in [0.3, 0.4) is 0 Å². The van der Waals surface area contributed by atoms with E-state index in [0.29, 0.717) is 11.2 Å². The molecule has 0 amide bonds. The number of nitrogens with zero attached hydrogens (tertiary/aromatic N) is 3. The second-order valence-electron chi connectivity index (χ2n) is 7.79. The summed E-state index contributed by atoms with van der Waals surface area (Å²) in [6, 6.07) is 18.2. The fourth-order valence-electron chi connectivity index (χ4n) is 3.25. The minimum Gasteiger partial charge on any atom is -0.507 e. The Labute approximate surface area is 163 Å². The third kappa shape index (κ3) is 3.05. The molecule has 5 heteroatoms. The van der Waals surface area contributed by atoms with Crippen molar-refractivity contribution in [3.05, 3.63) is 83.7 Å². The van der Waals surface area contributed by atoms with E-state index in [1.165, 1.54) is 6.07 Å². The number of aromatic hydroxyl groups is 1. The number of pyridine rings is 1. The van der Waals surface area contributed by atoms with Crippen molar-refractivity contribution in [3.8, 4) is 11.4 Å². The van der Waals surface area contributed by atoms with E-state index in [1.807, 2.05) is 41.1 Å². The highest BCUT2D eigenvalue weighted by molar-refractivity contribution is 6.11. The Morgan fingerprint density at radius 3 is 2.36 bits per heavy atom. The summed E-state index contributed by atoms with van der Waals surface area (Å²) in [7, 11) is 0. The molecule has 2 aromatic carbocycles. The predicted octanol–water partition coefficient (Wildman–Crippen LogP) is 4.65. The molecule has 140 valence electrons. The van der Waals surface area contributed by atoms with Crippen LogP contribution in [0.5, 0.6) is 5.75 Å². The summed E-state index contributed by atoms with van der Waals surface area (Å²) in [5.74, 6) is -0.302. The van der Waals surface area contributed by atoms with Crippen LogP contribution in [-0.4, -0.2) is 25.7 Å². The van der Waals surface area contributed by atoms with Crippen molar-refractivity contribution in [1.82, 2.24) is 14.8 Å². The molecule has 4 aromatic rings. The average molecular weight is 371 g/mol. The molecule has 0 aliphatic carbocycles. The van der Waals surface area contributed by atoms with Crippen molar-refractivity contribution in [1.29, 1.82) is 0 Å². The van der Waals surface area contributed by atoms with Crippen LogP contribution in [-0.2, 0) is 5.41 Å². The Hall–Kier alpha value is -3.47. The van der Waals surface area contributed by atoms with Gasteiger partial charge in [-0.25, -0.2) is 9.67 Å². The minimum atomic E-state index is -0.264. The van der Waals surface area contributed by atoms with E-state index in [1.54, 1.807) is 24.4 Å².